The highest BCUT2D eigenvalue weighted by Gasteiger charge is 2.44. The first-order valence-electron chi connectivity index (χ1n) is 13.5. The van der Waals surface area contributed by atoms with Crippen molar-refractivity contribution >= 4 is 28.3 Å². The number of likely N-dealkylation sites (tertiary alicyclic amines) is 1. The summed E-state index contributed by atoms with van der Waals surface area (Å²) in [5.41, 5.74) is 5.54. The lowest BCUT2D eigenvalue weighted by molar-refractivity contribution is 0.0780. The van der Waals surface area contributed by atoms with Gasteiger partial charge in [-0.05, 0) is 94.2 Å². The summed E-state index contributed by atoms with van der Waals surface area (Å²) >= 11 is 6.19. The van der Waals surface area contributed by atoms with Crippen LogP contribution in [0.25, 0.3) is 0 Å². The molecule has 3 aromatic carbocycles. The lowest BCUT2D eigenvalue weighted by Gasteiger charge is -2.40. The lowest BCUT2D eigenvalue weighted by atomic mass is 9.74. The maximum atomic E-state index is 13.3. The Hall–Kier alpha value is -2.47. The molecule has 0 aromatic heterocycles. The van der Waals surface area contributed by atoms with Gasteiger partial charge >= 0.3 is 0 Å². The predicted molar refractivity (Wildman–Crippen MR) is 157 cm³/mol. The summed E-state index contributed by atoms with van der Waals surface area (Å²) in [6.07, 6.45) is 3.06. The molecule has 2 heterocycles. The fraction of sp³-hybridized carbons (Fsp3) is 0.406. The summed E-state index contributed by atoms with van der Waals surface area (Å²) in [7, 11) is 1.03. The van der Waals surface area contributed by atoms with Gasteiger partial charge in [0.2, 0.25) is 0 Å². The first-order chi connectivity index (χ1) is 18.2. The van der Waals surface area contributed by atoms with Gasteiger partial charge in [-0.1, -0.05) is 59.1 Å². The molecule has 5 rings (SSSR count). The normalized spacial score (nSPS) is 19.3. The molecule has 200 valence electrons. The van der Waals surface area contributed by atoms with Gasteiger partial charge in [-0.25, -0.2) is 0 Å². The molecule has 3 aromatic rings. The van der Waals surface area contributed by atoms with Crippen molar-refractivity contribution in [2.75, 3.05) is 39.0 Å². The number of hydrogen-bond acceptors (Lipinski definition) is 3. The van der Waals surface area contributed by atoms with Gasteiger partial charge in [0.15, 0.2) is 0 Å². The third kappa shape index (κ3) is 5.75. The predicted octanol–water partition coefficient (Wildman–Crippen LogP) is 6.36. The second kappa shape index (κ2) is 11.3. The van der Waals surface area contributed by atoms with Crippen LogP contribution in [0.15, 0.2) is 71.6 Å². The van der Waals surface area contributed by atoms with E-state index in [2.05, 4.69) is 35.2 Å². The highest BCUT2D eigenvalue weighted by molar-refractivity contribution is 7.85. The molecule has 4 nitrogen and oxygen atoms in total. The van der Waals surface area contributed by atoms with Gasteiger partial charge in [0.1, 0.15) is 0 Å². The average Bonchev–Trinajstić information content (AvgIpc) is 3.18. The van der Waals surface area contributed by atoms with Crippen LogP contribution in [0, 0.1) is 13.8 Å². The van der Waals surface area contributed by atoms with Gasteiger partial charge < -0.3 is 9.80 Å². The molecule has 0 N–H and O–H groups in total. The van der Waals surface area contributed by atoms with Gasteiger partial charge in [-0.15, -0.1) is 0 Å². The van der Waals surface area contributed by atoms with E-state index < -0.39 is 10.8 Å². The maximum Gasteiger partial charge on any atom is 0.253 e. The van der Waals surface area contributed by atoms with Crippen LogP contribution >= 0.6 is 11.6 Å². The Balaban J connectivity index is 1.25. The summed E-state index contributed by atoms with van der Waals surface area (Å²) in [6.45, 7) is 7.71. The summed E-state index contributed by atoms with van der Waals surface area (Å²) in [4.78, 5) is 18.8. The molecular formula is C32H37ClN2O2S. The molecule has 0 aliphatic carbocycles. The molecule has 0 bridgehead atoms. The summed E-state index contributed by atoms with van der Waals surface area (Å²) in [5, 5.41) is 0.725. The van der Waals surface area contributed by atoms with Crippen molar-refractivity contribution in [3.8, 4) is 0 Å². The van der Waals surface area contributed by atoms with Crippen LogP contribution in [0.4, 0.5) is 0 Å². The molecule has 1 amide bonds. The Kier molecular flexibility index (Phi) is 8.08. The molecule has 2 atom stereocenters. The van der Waals surface area contributed by atoms with Gasteiger partial charge in [-0.3, -0.25) is 9.00 Å². The standard InChI is InChI=1S/C32H37ClN2O2S/c1-23-18-24(2)20-27(19-23)31(36)34(3)21-26(25-8-10-28(33)11-9-25)12-15-35-16-13-32(14-17-35)22-38(37)30-7-5-4-6-29(30)32/h4-11,18-20,26H,12-17,21-22H2,1-3H3. The Morgan fingerprint density at radius 1 is 1.03 bits per heavy atom. The molecule has 1 spiro atoms. The number of fused-ring (bicyclic) bond motifs is 2. The third-order valence-electron chi connectivity index (χ3n) is 8.37. The van der Waals surface area contributed by atoms with Gasteiger partial charge in [0.05, 0.1) is 10.8 Å². The van der Waals surface area contributed by atoms with Crippen LogP contribution in [0.2, 0.25) is 5.02 Å². The molecule has 0 radical (unpaired) electrons. The van der Waals surface area contributed by atoms with E-state index in [9.17, 15) is 9.00 Å². The minimum atomic E-state index is -0.881. The molecule has 2 unspecified atom stereocenters. The zero-order chi connectivity index (χ0) is 26.9. The fourth-order valence-electron chi connectivity index (χ4n) is 6.30. The number of nitrogens with zero attached hydrogens (tertiary/aromatic N) is 2. The minimum Gasteiger partial charge on any atom is -0.341 e. The number of carbonyl (C=O) groups excluding carboxylic acids is 1. The van der Waals surface area contributed by atoms with E-state index in [0.717, 1.165) is 71.3 Å². The van der Waals surface area contributed by atoms with E-state index in [0.29, 0.717) is 6.54 Å². The average molecular weight is 549 g/mol. The number of benzene rings is 3. The number of hydrogen-bond donors (Lipinski definition) is 0. The Morgan fingerprint density at radius 3 is 2.37 bits per heavy atom. The van der Waals surface area contributed by atoms with Crippen LogP contribution in [0.3, 0.4) is 0 Å². The molecule has 6 heteroatoms. The monoisotopic (exact) mass is 548 g/mol. The first kappa shape index (κ1) is 27.1. The van der Waals surface area contributed by atoms with Crippen molar-refractivity contribution in [1.82, 2.24) is 9.80 Å². The SMILES string of the molecule is Cc1cc(C)cc(C(=O)N(C)CC(CCN2CCC3(CC2)CS(=O)c2ccccc23)c2ccc(Cl)cc2)c1. The van der Waals surface area contributed by atoms with E-state index in [1.807, 2.05) is 62.2 Å². The summed E-state index contributed by atoms with van der Waals surface area (Å²) < 4.78 is 12.8. The Morgan fingerprint density at radius 2 is 1.68 bits per heavy atom. The number of aryl methyl sites for hydroxylation is 2. The second-order valence-corrected chi connectivity index (χ2v) is 13.1. The van der Waals surface area contributed by atoms with Crippen molar-refractivity contribution in [3.05, 3.63) is 99.6 Å². The lowest BCUT2D eigenvalue weighted by Crippen LogP contribution is -2.44. The Labute approximate surface area is 234 Å². The summed E-state index contributed by atoms with van der Waals surface area (Å²) in [5.74, 6) is 1.03. The zero-order valence-corrected chi connectivity index (χ0v) is 24.2. The van der Waals surface area contributed by atoms with Crippen molar-refractivity contribution in [2.24, 2.45) is 0 Å². The number of piperidine rings is 1. The van der Waals surface area contributed by atoms with E-state index in [1.165, 1.54) is 11.1 Å². The molecular weight excluding hydrogens is 512 g/mol. The molecule has 1 saturated heterocycles. The maximum absolute atomic E-state index is 13.3. The highest BCUT2D eigenvalue weighted by atomic mass is 35.5. The number of likely N-dealkylation sites (N-methyl/N-ethyl adjacent to an activating group) is 1. The largest absolute Gasteiger partial charge is 0.341 e. The van der Waals surface area contributed by atoms with Crippen LogP contribution < -0.4 is 0 Å². The number of halogens is 1. The van der Waals surface area contributed by atoms with Gasteiger partial charge in [0, 0.05) is 46.2 Å². The molecule has 2 aliphatic heterocycles. The minimum absolute atomic E-state index is 0.0589. The zero-order valence-electron chi connectivity index (χ0n) is 22.6. The van der Waals surface area contributed by atoms with Gasteiger partial charge in [0.25, 0.3) is 5.91 Å². The second-order valence-electron chi connectivity index (χ2n) is 11.2. The highest BCUT2D eigenvalue weighted by Crippen LogP contribution is 2.44. The van der Waals surface area contributed by atoms with Crippen LogP contribution in [-0.2, 0) is 16.2 Å². The molecule has 1 fully saturated rings. The van der Waals surface area contributed by atoms with Crippen LogP contribution in [0.5, 0.6) is 0 Å². The van der Waals surface area contributed by atoms with Crippen molar-refractivity contribution < 1.29 is 9.00 Å². The first-order valence-corrected chi connectivity index (χ1v) is 15.2. The van der Waals surface area contributed by atoms with Crippen molar-refractivity contribution in [1.29, 1.82) is 0 Å². The van der Waals surface area contributed by atoms with E-state index in [-0.39, 0.29) is 17.2 Å². The van der Waals surface area contributed by atoms with Crippen LogP contribution in [-0.4, -0.2) is 58.9 Å². The number of rotatable bonds is 7. The van der Waals surface area contributed by atoms with Crippen LogP contribution in [0.1, 0.15) is 57.8 Å². The molecule has 38 heavy (non-hydrogen) atoms. The van der Waals surface area contributed by atoms with Crippen molar-refractivity contribution in [2.45, 2.75) is 49.3 Å². The fourth-order valence-corrected chi connectivity index (χ4v) is 8.28. The van der Waals surface area contributed by atoms with Crippen molar-refractivity contribution in [3.63, 3.8) is 0 Å². The van der Waals surface area contributed by atoms with E-state index in [1.54, 1.807) is 0 Å². The number of amides is 1. The smallest absolute Gasteiger partial charge is 0.253 e. The molecule has 0 saturated carbocycles. The third-order valence-corrected chi connectivity index (χ3v) is 10.3. The topological polar surface area (TPSA) is 40.6 Å². The van der Waals surface area contributed by atoms with Gasteiger partial charge in [-0.2, -0.15) is 0 Å². The number of carbonyl (C=O) groups is 1. The summed E-state index contributed by atoms with van der Waals surface area (Å²) in [6, 6.07) is 22.4. The molecule has 2 aliphatic rings. The Bertz CT molecular complexity index is 1310. The van der Waals surface area contributed by atoms with E-state index in [4.69, 9.17) is 11.6 Å². The quantitative estimate of drug-likeness (QED) is 0.345. The van der Waals surface area contributed by atoms with E-state index >= 15 is 0 Å².